The molecule has 0 unspecified atom stereocenters. The van der Waals surface area contributed by atoms with Gasteiger partial charge in [0.15, 0.2) is 0 Å². The maximum Gasteiger partial charge on any atom is 0.219 e. The van der Waals surface area contributed by atoms with Gasteiger partial charge < -0.3 is 4.90 Å². The molecule has 0 aromatic carbocycles. The van der Waals surface area contributed by atoms with Crippen LogP contribution >= 0.6 is 0 Å². The van der Waals surface area contributed by atoms with Crippen LogP contribution < -0.4 is 0 Å². The number of amides is 1. The van der Waals surface area contributed by atoms with Gasteiger partial charge in [-0.25, -0.2) is 0 Å². The summed E-state index contributed by atoms with van der Waals surface area (Å²) in [5.41, 5.74) is 0. The highest BCUT2D eigenvalue weighted by molar-refractivity contribution is 5.87. The van der Waals surface area contributed by atoms with Crippen LogP contribution in [0.4, 0.5) is 0 Å². The number of nitrogens with zero attached hydrogens (tertiary/aromatic N) is 1. The van der Waals surface area contributed by atoms with Crippen LogP contribution in [0.25, 0.3) is 0 Å². The summed E-state index contributed by atoms with van der Waals surface area (Å²) >= 11 is 0. The summed E-state index contributed by atoms with van der Waals surface area (Å²) in [6, 6.07) is 0. The predicted molar refractivity (Wildman–Crippen MR) is 48.1 cm³/mol. The largest absolute Gasteiger partial charge is 0.341 e. The molecule has 13 heavy (non-hydrogen) atoms. The van der Waals surface area contributed by atoms with Crippen molar-refractivity contribution < 1.29 is 9.59 Å². The maximum atomic E-state index is 11.6. The molecule has 2 aliphatic rings. The lowest BCUT2D eigenvalue weighted by molar-refractivity contribution is -0.143. The Balaban J connectivity index is 1.79. The fraction of sp³-hybridized carbons (Fsp3) is 0.800. The summed E-state index contributed by atoms with van der Waals surface area (Å²) in [7, 11) is 0. The van der Waals surface area contributed by atoms with Crippen LogP contribution in [0.15, 0.2) is 0 Å². The van der Waals surface area contributed by atoms with Crippen LogP contribution in [0.2, 0.25) is 0 Å². The molecule has 1 amide bonds. The standard InChI is InChI=1S/C10H15NO2/c1-7(12)11-5-9(6-11)10(13)8-3-2-4-8/h8-9H,2-6H2,1H3. The number of rotatable bonds is 2. The quantitative estimate of drug-likeness (QED) is 0.633. The zero-order chi connectivity index (χ0) is 9.42. The highest BCUT2D eigenvalue weighted by atomic mass is 16.2. The van der Waals surface area contributed by atoms with Gasteiger partial charge in [-0.1, -0.05) is 6.42 Å². The van der Waals surface area contributed by atoms with E-state index < -0.39 is 0 Å². The monoisotopic (exact) mass is 181 g/mol. The molecule has 1 saturated carbocycles. The molecule has 2 fully saturated rings. The minimum atomic E-state index is 0.0951. The normalized spacial score (nSPS) is 23.6. The lowest BCUT2D eigenvalue weighted by Gasteiger charge is -2.40. The molecule has 2 rings (SSSR count). The average molecular weight is 181 g/mol. The Labute approximate surface area is 78.1 Å². The van der Waals surface area contributed by atoms with Crippen LogP contribution in [0.5, 0.6) is 0 Å². The Morgan fingerprint density at radius 1 is 1.15 bits per heavy atom. The Morgan fingerprint density at radius 3 is 2.15 bits per heavy atom. The van der Waals surface area contributed by atoms with Crippen molar-refractivity contribution in [1.82, 2.24) is 4.90 Å². The van der Waals surface area contributed by atoms with Gasteiger partial charge in [0.05, 0.1) is 5.92 Å². The van der Waals surface area contributed by atoms with Gasteiger partial charge in [0.25, 0.3) is 0 Å². The molecule has 0 N–H and O–H groups in total. The van der Waals surface area contributed by atoms with E-state index in [1.807, 2.05) is 0 Å². The van der Waals surface area contributed by atoms with Gasteiger partial charge in [-0.2, -0.15) is 0 Å². The Morgan fingerprint density at radius 2 is 1.77 bits per heavy atom. The topological polar surface area (TPSA) is 37.4 Å². The minimum Gasteiger partial charge on any atom is -0.341 e. The fourth-order valence-corrected chi connectivity index (χ4v) is 1.94. The molecule has 3 nitrogen and oxygen atoms in total. The summed E-state index contributed by atoms with van der Waals surface area (Å²) in [5, 5.41) is 0. The maximum absolute atomic E-state index is 11.6. The van der Waals surface area contributed by atoms with E-state index in [2.05, 4.69) is 0 Å². The van der Waals surface area contributed by atoms with E-state index in [1.54, 1.807) is 11.8 Å². The SMILES string of the molecule is CC(=O)N1CC(C(=O)C2CCC2)C1. The number of hydrogen-bond donors (Lipinski definition) is 0. The van der Waals surface area contributed by atoms with Crippen molar-refractivity contribution in [2.24, 2.45) is 11.8 Å². The van der Waals surface area contributed by atoms with E-state index >= 15 is 0 Å². The molecule has 1 saturated heterocycles. The number of carbonyl (C=O) groups excluding carboxylic acids is 2. The van der Waals surface area contributed by atoms with E-state index in [9.17, 15) is 9.59 Å². The molecular weight excluding hydrogens is 166 g/mol. The first-order valence-corrected chi connectivity index (χ1v) is 4.97. The first-order valence-electron chi connectivity index (χ1n) is 4.97. The second-order valence-corrected chi connectivity index (χ2v) is 4.15. The van der Waals surface area contributed by atoms with Crippen molar-refractivity contribution in [3.05, 3.63) is 0 Å². The van der Waals surface area contributed by atoms with E-state index in [1.165, 1.54) is 6.42 Å². The van der Waals surface area contributed by atoms with E-state index in [-0.39, 0.29) is 11.8 Å². The second kappa shape index (κ2) is 3.13. The number of ketones is 1. The van der Waals surface area contributed by atoms with Gasteiger partial charge in [-0.15, -0.1) is 0 Å². The van der Waals surface area contributed by atoms with Crippen molar-refractivity contribution in [3.63, 3.8) is 0 Å². The molecule has 1 aliphatic carbocycles. The summed E-state index contributed by atoms with van der Waals surface area (Å²) in [6.45, 7) is 2.90. The third-order valence-electron chi connectivity index (χ3n) is 3.24. The lowest BCUT2D eigenvalue weighted by atomic mass is 9.76. The zero-order valence-corrected chi connectivity index (χ0v) is 7.95. The van der Waals surface area contributed by atoms with Gasteiger partial charge in [0.2, 0.25) is 5.91 Å². The van der Waals surface area contributed by atoms with Crippen LogP contribution in [0, 0.1) is 11.8 Å². The summed E-state index contributed by atoms with van der Waals surface area (Å²) in [4.78, 5) is 24.2. The third kappa shape index (κ3) is 1.47. The van der Waals surface area contributed by atoms with Crippen LogP contribution in [0.1, 0.15) is 26.2 Å². The fourth-order valence-electron chi connectivity index (χ4n) is 1.94. The molecule has 1 heterocycles. The molecule has 1 aliphatic heterocycles. The predicted octanol–water partition coefficient (Wildman–Crippen LogP) is 0.834. The van der Waals surface area contributed by atoms with Crippen molar-refractivity contribution in [3.8, 4) is 0 Å². The molecule has 0 spiro atoms. The van der Waals surface area contributed by atoms with Crippen molar-refractivity contribution >= 4 is 11.7 Å². The highest BCUT2D eigenvalue weighted by Crippen LogP contribution is 2.32. The minimum absolute atomic E-state index is 0.0951. The molecule has 0 atom stereocenters. The molecule has 0 bridgehead atoms. The van der Waals surface area contributed by atoms with Gasteiger partial charge in [-0.3, -0.25) is 9.59 Å². The van der Waals surface area contributed by atoms with Crippen molar-refractivity contribution in [2.75, 3.05) is 13.1 Å². The number of carbonyl (C=O) groups is 2. The van der Waals surface area contributed by atoms with Crippen LogP contribution in [0.3, 0.4) is 0 Å². The molecule has 0 aromatic heterocycles. The molecular formula is C10H15NO2. The number of hydrogen-bond acceptors (Lipinski definition) is 2. The second-order valence-electron chi connectivity index (χ2n) is 4.15. The lowest BCUT2D eigenvalue weighted by Crippen LogP contribution is -2.54. The van der Waals surface area contributed by atoms with E-state index in [4.69, 9.17) is 0 Å². The van der Waals surface area contributed by atoms with Gasteiger partial charge in [0, 0.05) is 25.9 Å². The van der Waals surface area contributed by atoms with Gasteiger partial charge in [0.1, 0.15) is 5.78 Å². The number of Topliss-reactive ketones (excluding diaryl/α,β-unsaturated/α-hetero) is 1. The average Bonchev–Trinajstić information content (AvgIpc) is 1.76. The first-order chi connectivity index (χ1) is 6.18. The van der Waals surface area contributed by atoms with Gasteiger partial charge >= 0.3 is 0 Å². The van der Waals surface area contributed by atoms with Gasteiger partial charge in [-0.05, 0) is 12.8 Å². The van der Waals surface area contributed by atoms with Crippen LogP contribution in [-0.2, 0) is 9.59 Å². The van der Waals surface area contributed by atoms with E-state index in [0.29, 0.717) is 24.8 Å². The Hall–Kier alpha value is -0.860. The van der Waals surface area contributed by atoms with Crippen LogP contribution in [-0.4, -0.2) is 29.7 Å². The zero-order valence-electron chi connectivity index (χ0n) is 7.95. The highest BCUT2D eigenvalue weighted by Gasteiger charge is 2.38. The summed E-state index contributed by atoms with van der Waals surface area (Å²) in [6.07, 6.45) is 3.37. The Kier molecular flexibility index (Phi) is 2.10. The number of likely N-dealkylation sites (tertiary alicyclic amines) is 1. The molecule has 72 valence electrons. The van der Waals surface area contributed by atoms with Crippen molar-refractivity contribution in [1.29, 1.82) is 0 Å². The molecule has 0 radical (unpaired) electrons. The first kappa shape index (κ1) is 8.73. The third-order valence-corrected chi connectivity index (χ3v) is 3.24. The summed E-state index contributed by atoms with van der Waals surface area (Å²) in [5.74, 6) is 0.995. The smallest absolute Gasteiger partial charge is 0.219 e. The Bertz CT molecular complexity index is 239. The van der Waals surface area contributed by atoms with E-state index in [0.717, 1.165) is 12.8 Å². The van der Waals surface area contributed by atoms with Crippen molar-refractivity contribution in [2.45, 2.75) is 26.2 Å². The molecule has 3 heteroatoms. The summed E-state index contributed by atoms with van der Waals surface area (Å²) < 4.78 is 0. The molecule has 0 aromatic rings.